The molecular weight excluding hydrogens is 447 g/mol. The van der Waals surface area contributed by atoms with Crippen LogP contribution < -0.4 is 14.8 Å². The maximum absolute atomic E-state index is 12.3. The molecule has 0 saturated carbocycles. The summed E-state index contributed by atoms with van der Waals surface area (Å²) < 4.78 is 13.0. The molecule has 7 nitrogen and oxygen atoms in total. The van der Waals surface area contributed by atoms with E-state index in [9.17, 15) is 4.79 Å². The summed E-state index contributed by atoms with van der Waals surface area (Å²) in [4.78, 5) is 12.3. The molecule has 3 aromatic rings. The average molecular weight is 467 g/mol. The molecule has 1 N–H and O–H groups in total. The molecule has 1 aromatic heterocycles. The van der Waals surface area contributed by atoms with E-state index in [1.54, 1.807) is 35.9 Å². The molecule has 1 amide bonds. The van der Waals surface area contributed by atoms with Crippen LogP contribution in [-0.2, 0) is 11.8 Å². The Kier molecular flexibility index (Phi) is 7.47. The van der Waals surface area contributed by atoms with Crippen molar-refractivity contribution in [1.29, 1.82) is 0 Å². The third-order valence-corrected chi connectivity index (χ3v) is 5.69. The van der Waals surface area contributed by atoms with E-state index in [1.807, 2.05) is 32.2 Å². The van der Waals surface area contributed by atoms with Gasteiger partial charge in [-0.2, -0.15) is 0 Å². The van der Waals surface area contributed by atoms with Crippen LogP contribution in [0.3, 0.4) is 0 Å². The first-order valence-corrected chi connectivity index (χ1v) is 10.7. The number of aromatic nitrogens is 3. The molecule has 0 radical (unpaired) electrons. The van der Waals surface area contributed by atoms with Crippen molar-refractivity contribution in [2.24, 2.45) is 7.05 Å². The molecule has 0 aliphatic heterocycles. The number of amides is 1. The summed E-state index contributed by atoms with van der Waals surface area (Å²) in [6, 6.07) is 12.2. The Morgan fingerprint density at radius 2 is 1.97 bits per heavy atom. The first-order chi connectivity index (χ1) is 14.4. The fraction of sp³-hybridized carbons (Fsp3) is 0.250. The van der Waals surface area contributed by atoms with Gasteiger partial charge in [-0.3, -0.25) is 4.79 Å². The fourth-order valence-electron chi connectivity index (χ4n) is 2.64. The van der Waals surface area contributed by atoms with Gasteiger partial charge in [0.25, 0.3) is 0 Å². The van der Waals surface area contributed by atoms with Crippen molar-refractivity contribution in [1.82, 2.24) is 14.8 Å². The van der Waals surface area contributed by atoms with Crippen LogP contribution in [0.25, 0.3) is 0 Å². The number of carbonyl (C=O) groups is 1. The van der Waals surface area contributed by atoms with Crippen LogP contribution in [0, 0.1) is 0 Å². The van der Waals surface area contributed by atoms with E-state index in [0.717, 1.165) is 0 Å². The SMILES string of the molecule is COc1cccc(OC(C)c2nnc(SCC(=O)Nc3ccc(Cl)cc3Cl)n2C)c1. The van der Waals surface area contributed by atoms with Crippen molar-refractivity contribution < 1.29 is 14.3 Å². The Labute approximate surface area is 188 Å². The zero-order valence-electron chi connectivity index (χ0n) is 16.6. The van der Waals surface area contributed by atoms with Crippen LogP contribution in [0.2, 0.25) is 10.0 Å². The van der Waals surface area contributed by atoms with Gasteiger partial charge in [-0.1, -0.05) is 41.0 Å². The fourth-order valence-corrected chi connectivity index (χ4v) is 3.82. The third kappa shape index (κ3) is 5.59. The van der Waals surface area contributed by atoms with Gasteiger partial charge in [0.2, 0.25) is 5.91 Å². The van der Waals surface area contributed by atoms with Crippen LogP contribution in [0.5, 0.6) is 11.5 Å². The number of hydrogen-bond acceptors (Lipinski definition) is 6. The summed E-state index contributed by atoms with van der Waals surface area (Å²) in [7, 11) is 3.43. The number of nitrogens with one attached hydrogen (secondary N) is 1. The summed E-state index contributed by atoms with van der Waals surface area (Å²) in [5.41, 5.74) is 0.505. The van der Waals surface area contributed by atoms with E-state index in [4.69, 9.17) is 32.7 Å². The summed E-state index contributed by atoms with van der Waals surface area (Å²) >= 11 is 13.2. The molecule has 3 rings (SSSR count). The smallest absolute Gasteiger partial charge is 0.234 e. The monoisotopic (exact) mass is 466 g/mol. The average Bonchev–Trinajstić information content (AvgIpc) is 3.09. The van der Waals surface area contributed by atoms with E-state index in [0.29, 0.717) is 38.2 Å². The highest BCUT2D eigenvalue weighted by atomic mass is 35.5. The highest BCUT2D eigenvalue weighted by Gasteiger charge is 2.18. The summed E-state index contributed by atoms with van der Waals surface area (Å²) in [5.74, 6) is 1.95. The number of rotatable bonds is 8. The number of benzene rings is 2. The second-order valence-electron chi connectivity index (χ2n) is 6.30. The number of carbonyl (C=O) groups excluding carboxylic acids is 1. The maximum Gasteiger partial charge on any atom is 0.234 e. The third-order valence-electron chi connectivity index (χ3n) is 4.12. The standard InChI is InChI=1S/C20H20Cl2N4O3S/c1-12(29-15-6-4-5-14(10-15)28-3)19-24-25-20(26(19)2)30-11-18(27)23-17-8-7-13(21)9-16(17)22/h4-10,12H,11H2,1-3H3,(H,23,27). The molecule has 0 aliphatic rings. The van der Waals surface area contributed by atoms with E-state index in [-0.39, 0.29) is 17.8 Å². The highest BCUT2D eigenvalue weighted by molar-refractivity contribution is 7.99. The van der Waals surface area contributed by atoms with E-state index in [1.165, 1.54) is 11.8 Å². The van der Waals surface area contributed by atoms with Gasteiger partial charge in [0.05, 0.1) is 23.6 Å². The summed E-state index contributed by atoms with van der Waals surface area (Å²) in [5, 5.41) is 12.6. The van der Waals surface area contributed by atoms with Gasteiger partial charge in [-0.25, -0.2) is 0 Å². The van der Waals surface area contributed by atoms with Crippen LogP contribution >= 0.6 is 35.0 Å². The van der Waals surface area contributed by atoms with Gasteiger partial charge in [0.15, 0.2) is 17.1 Å². The second kappa shape index (κ2) is 10.1. The number of methoxy groups -OCH3 is 1. The molecule has 1 atom stereocenters. The molecule has 2 aromatic carbocycles. The number of hydrogen-bond donors (Lipinski definition) is 1. The quantitative estimate of drug-likeness (QED) is 0.470. The Balaban J connectivity index is 1.59. The summed E-state index contributed by atoms with van der Waals surface area (Å²) in [6.45, 7) is 1.88. The van der Waals surface area contributed by atoms with Crippen LogP contribution in [0.4, 0.5) is 5.69 Å². The van der Waals surface area contributed by atoms with Crippen LogP contribution in [0.15, 0.2) is 47.6 Å². The van der Waals surface area contributed by atoms with Crippen molar-refractivity contribution in [3.05, 3.63) is 58.3 Å². The Hall–Kier alpha value is -2.42. The van der Waals surface area contributed by atoms with Gasteiger partial charge >= 0.3 is 0 Å². The zero-order chi connectivity index (χ0) is 21.7. The molecule has 0 spiro atoms. The van der Waals surface area contributed by atoms with E-state index < -0.39 is 0 Å². The van der Waals surface area contributed by atoms with Gasteiger partial charge in [0, 0.05) is 18.1 Å². The van der Waals surface area contributed by atoms with Gasteiger partial charge < -0.3 is 19.4 Å². The Morgan fingerprint density at radius 1 is 1.20 bits per heavy atom. The van der Waals surface area contributed by atoms with E-state index >= 15 is 0 Å². The number of halogens is 2. The normalized spacial score (nSPS) is 11.8. The minimum atomic E-state index is -0.342. The lowest BCUT2D eigenvalue weighted by molar-refractivity contribution is -0.113. The topological polar surface area (TPSA) is 78.3 Å². The van der Waals surface area contributed by atoms with Gasteiger partial charge in [-0.15, -0.1) is 10.2 Å². The maximum atomic E-state index is 12.3. The molecule has 0 bridgehead atoms. The van der Waals surface area contributed by atoms with Gasteiger partial charge in [0.1, 0.15) is 11.5 Å². The molecule has 1 unspecified atom stereocenters. The highest BCUT2D eigenvalue weighted by Crippen LogP contribution is 2.27. The number of nitrogens with zero attached hydrogens (tertiary/aromatic N) is 3. The summed E-state index contributed by atoms with van der Waals surface area (Å²) in [6.07, 6.45) is -0.342. The molecule has 0 aliphatic carbocycles. The second-order valence-corrected chi connectivity index (χ2v) is 8.09. The van der Waals surface area contributed by atoms with Crippen molar-refractivity contribution in [2.45, 2.75) is 18.2 Å². The van der Waals surface area contributed by atoms with Crippen molar-refractivity contribution in [2.75, 3.05) is 18.2 Å². The minimum Gasteiger partial charge on any atom is -0.497 e. The van der Waals surface area contributed by atoms with Crippen molar-refractivity contribution in [3.8, 4) is 11.5 Å². The molecule has 10 heteroatoms. The van der Waals surface area contributed by atoms with Gasteiger partial charge in [-0.05, 0) is 37.3 Å². The molecule has 1 heterocycles. The predicted octanol–water partition coefficient (Wildman–Crippen LogP) is 5.00. The lowest BCUT2D eigenvalue weighted by Crippen LogP contribution is -2.15. The van der Waals surface area contributed by atoms with E-state index in [2.05, 4.69) is 15.5 Å². The van der Waals surface area contributed by atoms with Crippen LogP contribution in [0.1, 0.15) is 18.9 Å². The molecule has 0 saturated heterocycles. The van der Waals surface area contributed by atoms with Crippen molar-refractivity contribution >= 4 is 46.6 Å². The minimum absolute atomic E-state index is 0.149. The number of anilines is 1. The zero-order valence-corrected chi connectivity index (χ0v) is 18.9. The van der Waals surface area contributed by atoms with Crippen molar-refractivity contribution in [3.63, 3.8) is 0 Å². The van der Waals surface area contributed by atoms with Crippen LogP contribution in [-0.4, -0.2) is 33.5 Å². The number of thioether (sulfide) groups is 1. The molecular formula is C20H20Cl2N4O3S. The molecule has 0 fully saturated rings. The lowest BCUT2D eigenvalue weighted by Gasteiger charge is -2.14. The Bertz CT molecular complexity index is 1040. The molecule has 158 valence electrons. The molecule has 30 heavy (non-hydrogen) atoms. The number of ether oxygens (including phenoxy) is 2. The predicted molar refractivity (Wildman–Crippen MR) is 119 cm³/mol. The first-order valence-electron chi connectivity index (χ1n) is 8.95. The largest absolute Gasteiger partial charge is 0.497 e. The lowest BCUT2D eigenvalue weighted by atomic mass is 10.3. The first kappa shape index (κ1) is 22.3. The Morgan fingerprint density at radius 3 is 2.70 bits per heavy atom.